The van der Waals surface area contributed by atoms with Crippen molar-refractivity contribution < 1.29 is 4.74 Å². The topological polar surface area (TPSA) is 35.2 Å². The van der Waals surface area contributed by atoms with Gasteiger partial charge in [-0.3, -0.25) is 0 Å². The minimum absolute atomic E-state index is 0.227. The van der Waals surface area contributed by atoms with Crippen LogP contribution < -0.4 is 5.73 Å². The lowest BCUT2D eigenvalue weighted by Gasteiger charge is -2.39. The molecule has 0 unspecified atom stereocenters. The highest BCUT2D eigenvalue weighted by molar-refractivity contribution is 7.80. The van der Waals surface area contributed by atoms with E-state index in [-0.39, 0.29) is 5.60 Å². The second-order valence-corrected chi connectivity index (χ2v) is 2.86. The van der Waals surface area contributed by atoms with E-state index in [0.717, 1.165) is 12.8 Å². The zero-order chi connectivity index (χ0) is 6.91. The van der Waals surface area contributed by atoms with Gasteiger partial charge in [-0.1, -0.05) is 12.2 Å². The molecular formula is C6H11NOS. The fourth-order valence-corrected chi connectivity index (χ4v) is 1.34. The molecule has 0 atom stereocenters. The number of ether oxygens (including phenoxy) is 1. The van der Waals surface area contributed by atoms with Crippen molar-refractivity contribution in [3.8, 4) is 0 Å². The standard InChI is InChI=1S/C6H11NOS/c1-8-6(5(7)9)3-2-4-6/h2-4H2,1H3,(H2,7,9). The summed E-state index contributed by atoms with van der Waals surface area (Å²) in [4.78, 5) is 0.510. The molecule has 0 aromatic heterocycles. The summed E-state index contributed by atoms with van der Waals surface area (Å²) in [5.74, 6) is 0. The summed E-state index contributed by atoms with van der Waals surface area (Å²) in [6, 6.07) is 0. The van der Waals surface area contributed by atoms with E-state index >= 15 is 0 Å². The minimum atomic E-state index is -0.227. The van der Waals surface area contributed by atoms with Crippen molar-refractivity contribution in [2.45, 2.75) is 24.9 Å². The molecule has 0 spiro atoms. The van der Waals surface area contributed by atoms with Crippen LogP contribution in [-0.4, -0.2) is 17.7 Å². The Hall–Kier alpha value is -0.150. The van der Waals surface area contributed by atoms with Crippen molar-refractivity contribution in [2.24, 2.45) is 5.73 Å². The van der Waals surface area contributed by atoms with E-state index in [1.165, 1.54) is 6.42 Å². The van der Waals surface area contributed by atoms with Gasteiger partial charge in [0.05, 0.1) is 0 Å². The molecule has 1 aliphatic carbocycles. The van der Waals surface area contributed by atoms with Crippen molar-refractivity contribution >= 4 is 17.2 Å². The molecule has 9 heavy (non-hydrogen) atoms. The molecule has 0 amide bonds. The van der Waals surface area contributed by atoms with Crippen LogP contribution in [0.1, 0.15) is 19.3 Å². The minimum Gasteiger partial charge on any atom is -0.391 e. The van der Waals surface area contributed by atoms with Crippen LogP contribution >= 0.6 is 12.2 Å². The van der Waals surface area contributed by atoms with Gasteiger partial charge in [-0.15, -0.1) is 0 Å². The van der Waals surface area contributed by atoms with Crippen LogP contribution in [-0.2, 0) is 4.74 Å². The molecule has 0 heterocycles. The average molecular weight is 145 g/mol. The largest absolute Gasteiger partial charge is 0.391 e. The summed E-state index contributed by atoms with van der Waals surface area (Å²) < 4.78 is 5.17. The first-order chi connectivity index (χ1) is 4.21. The predicted molar refractivity (Wildman–Crippen MR) is 40.4 cm³/mol. The molecule has 0 saturated heterocycles. The monoisotopic (exact) mass is 145 g/mol. The van der Waals surface area contributed by atoms with Gasteiger partial charge in [-0.2, -0.15) is 0 Å². The van der Waals surface area contributed by atoms with Gasteiger partial charge in [0.1, 0.15) is 10.6 Å². The maximum absolute atomic E-state index is 5.45. The van der Waals surface area contributed by atoms with Crippen LogP contribution in [0, 0.1) is 0 Å². The first kappa shape index (κ1) is 6.96. The molecular weight excluding hydrogens is 134 g/mol. The van der Waals surface area contributed by atoms with Gasteiger partial charge in [-0.05, 0) is 19.3 Å². The van der Waals surface area contributed by atoms with Crippen LogP contribution in [0.3, 0.4) is 0 Å². The number of methoxy groups -OCH3 is 1. The number of rotatable bonds is 2. The van der Waals surface area contributed by atoms with E-state index in [4.69, 9.17) is 22.7 Å². The number of hydrogen-bond donors (Lipinski definition) is 1. The highest BCUT2D eigenvalue weighted by atomic mass is 32.1. The number of nitrogens with two attached hydrogens (primary N) is 1. The highest BCUT2D eigenvalue weighted by Crippen LogP contribution is 2.34. The Labute approximate surface area is 60.4 Å². The highest BCUT2D eigenvalue weighted by Gasteiger charge is 2.39. The van der Waals surface area contributed by atoms with Gasteiger partial charge in [0.25, 0.3) is 0 Å². The van der Waals surface area contributed by atoms with Crippen LogP contribution in [0.15, 0.2) is 0 Å². The van der Waals surface area contributed by atoms with E-state index < -0.39 is 0 Å². The lowest BCUT2D eigenvalue weighted by atomic mass is 9.80. The quantitative estimate of drug-likeness (QED) is 0.585. The second kappa shape index (κ2) is 2.23. The van der Waals surface area contributed by atoms with Gasteiger partial charge >= 0.3 is 0 Å². The molecule has 0 bridgehead atoms. The number of thiocarbonyl (C=S) groups is 1. The summed E-state index contributed by atoms with van der Waals surface area (Å²) >= 11 is 4.83. The first-order valence-corrected chi connectivity index (χ1v) is 3.47. The Bertz CT molecular complexity index is 126. The Morgan fingerprint density at radius 1 is 1.67 bits per heavy atom. The molecule has 3 heteroatoms. The molecule has 1 aliphatic rings. The van der Waals surface area contributed by atoms with E-state index in [1.807, 2.05) is 0 Å². The van der Waals surface area contributed by atoms with Crippen molar-refractivity contribution in [1.29, 1.82) is 0 Å². The molecule has 1 fully saturated rings. The zero-order valence-electron chi connectivity index (χ0n) is 5.52. The molecule has 1 saturated carbocycles. The van der Waals surface area contributed by atoms with Crippen molar-refractivity contribution in [2.75, 3.05) is 7.11 Å². The normalized spacial score (nSPS) is 22.8. The third-order valence-electron chi connectivity index (χ3n) is 2.00. The van der Waals surface area contributed by atoms with Gasteiger partial charge in [0.15, 0.2) is 0 Å². The molecule has 0 aromatic carbocycles. The Kier molecular flexibility index (Phi) is 1.73. The second-order valence-electron chi connectivity index (χ2n) is 2.42. The molecule has 2 N–H and O–H groups in total. The molecule has 52 valence electrons. The van der Waals surface area contributed by atoms with Crippen LogP contribution in [0.25, 0.3) is 0 Å². The van der Waals surface area contributed by atoms with Crippen molar-refractivity contribution in [3.05, 3.63) is 0 Å². The lowest BCUT2D eigenvalue weighted by molar-refractivity contribution is -0.0113. The Morgan fingerprint density at radius 3 is 2.22 bits per heavy atom. The SMILES string of the molecule is COC1(C(N)=S)CCC1. The smallest absolute Gasteiger partial charge is 0.117 e. The average Bonchev–Trinajstić information content (AvgIpc) is 1.62. The Morgan fingerprint density at radius 2 is 2.22 bits per heavy atom. The van der Waals surface area contributed by atoms with Crippen LogP contribution in [0.2, 0.25) is 0 Å². The fraction of sp³-hybridized carbons (Fsp3) is 0.833. The third-order valence-corrected chi connectivity index (χ3v) is 2.37. The molecule has 0 radical (unpaired) electrons. The van der Waals surface area contributed by atoms with Crippen LogP contribution in [0.4, 0.5) is 0 Å². The van der Waals surface area contributed by atoms with E-state index in [0.29, 0.717) is 4.99 Å². The number of hydrogen-bond acceptors (Lipinski definition) is 2. The van der Waals surface area contributed by atoms with Gasteiger partial charge in [0.2, 0.25) is 0 Å². The maximum atomic E-state index is 5.45. The summed E-state index contributed by atoms with van der Waals surface area (Å²) in [5.41, 5.74) is 5.22. The molecule has 2 nitrogen and oxygen atoms in total. The summed E-state index contributed by atoms with van der Waals surface area (Å²) in [6.07, 6.45) is 3.18. The van der Waals surface area contributed by atoms with Gasteiger partial charge in [-0.25, -0.2) is 0 Å². The zero-order valence-corrected chi connectivity index (χ0v) is 6.33. The molecule has 1 rings (SSSR count). The van der Waals surface area contributed by atoms with Gasteiger partial charge < -0.3 is 10.5 Å². The van der Waals surface area contributed by atoms with E-state index in [9.17, 15) is 0 Å². The first-order valence-electron chi connectivity index (χ1n) is 3.06. The predicted octanol–water partition coefficient (Wildman–Crippen LogP) is 0.842. The summed E-state index contributed by atoms with van der Waals surface area (Å²) in [5, 5.41) is 0. The Balaban J connectivity index is 2.57. The summed E-state index contributed by atoms with van der Waals surface area (Å²) in [6.45, 7) is 0. The lowest BCUT2D eigenvalue weighted by Crippen LogP contribution is -2.49. The third kappa shape index (κ3) is 0.946. The molecule has 0 aromatic rings. The van der Waals surface area contributed by atoms with E-state index in [2.05, 4.69) is 0 Å². The van der Waals surface area contributed by atoms with Gasteiger partial charge in [0, 0.05) is 7.11 Å². The van der Waals surface area contributed by atoms with Crippen molar-refractivity contribution in [3.63, 3.8) is 0 Å². The van der Waals surface area contributed by atoms with Crippen LogP contribution in [0.5, 0.6) is 0 Å². The fourth-order valence-electron chi connectivity index (χ4n) is 1.05. The maximum Gasteiger partial charge on any atom is 0.117 e. The van der Waals surface area contributed by atoms with E-state index in [1.54, 1.807) is 7.11 Å². The summed E-state index contributed by atoms with van der Waals surface area (Å²) in [7, 11) is 1.66. The van der Waals surface area contributed by atoms with Crippen molar-refractivity contribution in [1.82, 2.24) is 0 Å². The molecule has 0 aliphatic heterocycles.